The van der Waals surface area contributed by atoms with Crippen LogP contribution in [-0.4, -0.2) is 24.5 Å². The maximum absolute atomic E-state index is 12.1. The number of ether oxygens (including phenoxy) is 1. The molecule has 0 unspecified atom stereocenters. The predicted octanol–water partition coefficient (Wildman–Crippen LogP) is 1.30. The van der Waals surface area contributed by atoms with E-state index in [2.05, 4.69) is 5.32 Å². The second-order valence-electron chi connectivity index (χ2n) is 6.01. The number of aliphatic carboxylic acids is 1. The number of halogens is 1. The predicted molar refractivity (Wildman–Crippen MR) is 100 cm³/mol. The van der Waals surface area contributed by atoms with E-state index in [0.717, 1.165) is 0 Å². The first-order valence-corrected chi connectivity index (χ1v) is 8.70. The van der Waals surface area contributed by atoms with Gasteiger partial charge >= 0.3 is 5.63 Å². The van der Waals surface area contributed by atoms with Gasteiger partial charge in [-0.25, -0.2) is 4.79 Å². The molecule has 3 rings (SSSR count). The lowest BCUT2D eigenvalue weighted by Gasteiger charge is -2.20. The highest BCUT2D eigenvalue weighted by Gasteiger charge is 2.15. The summed E-state index contributed by atoms with van der Waals surface area (Å²) in [7, 11) is 0. The molecule has 0 aliphatic rings. The van der Waals surface area contributed by atoms with Gasteiger partial charge in [0.2, 0.25) is 0 Å². The Balaban J connectivity index is 1.60. The van der Waals surface area contributed by atoms with Crippen molar-refractivity contribution in [2.45, 2.75) is 12.5 Å². The van der Waals surface area contributed by atoms with E-state index in [-0.39, 0.29) is 6.42 Å². The summed E-state index contributed by atoms with van der Waals surface area (Å²) in [5.74, 6) is -1.73. The van der Waals surface area contributed by atoms with Crippen LogP contribution < -0.4 is 20.8 Å². The van der Waals surface area contributed by atoms with Crippen LogP contribution in [-0.2, 0) is 16.0 Å². The van der Waals surface area contributed by atoms with Crippen LogP contribution in [0.3, 0.4) is 0 Å². The van der Waals surface area contributed by atoms with Gasteiger partial charge in [-0.15, -0.1) is 0 Å². The van der Waals surface area contributed by atoms with Crippen molar-refractivity contribution < 1.29 is 23.8 Å². The Kier molecular flexibility index (Phi) is 5.96. The lowest BCUT2D eigenvalue weighted by Crippen LogP contribution is -2.50. The van der Waals surface area contributed by atoms with E-state index in [9.17, 15) is 19.5 Å². The molecule has 7 nitrogen and oxygen atoms in total. The summed E-state index contributed by atoms with van der Waals surface area (Å²) in [6, 6.07) is 13.1. The first-order chi connectivity index (χ1) is 13.4. The topological polar surface area (TPSA) is 109 Å². The van der Waals surface area contributed by atoms with Crippen LogP contribution in [0, 0.1) is 0 Å². The number of hydrogen-bond acceptors (Lipinski definition) is 6. The summed E-state index contributed by atoms with van der Waals surface area (Å²) in [5, 5.41) is 14.9. The fourth-order valence-electron chi connectivity index (χ4n) is 2.57. The van der Waals surface area contributed by atoms with Crippen LogP contribution in [0.4, 0.5) is 0 Å². The molecule has 0 spiro atoms. The van der Waals surface area contributed by atoms with Crippen LogP contribution in [0.25, 0.3) is 11.0 Å². The number of benzene rings is 2. The summed E-state index contributed by atoms with van der Waals surface area (Å²) >= 11 is 5.80. The third kappa shape index (κ3) is 5.11. The highest BCUT2D eigenvalue weighted by molar-refractivity contribution is 6.30. The molecule has 1 heterocycles. The summed E-state index contributed by atoms with van der Waals surface area (Å²) in [6.45, 7) is -0.410. The van der Waals surface area contributed by atoms with Crippen LogP contribution >= 0.6 is 11.6 Å². The van der Waals surface area contributed by atoms with Gasteiger partial charge in [0.1, 0.15) is 11.3 Å². The lowest BCUT2D eigenvalue weighted by molar-refractivity contribution is -0.308. The largest absolute Gasteiger partial charge is 0.548 e. The van der Waals surface area contributed by atoms with Gasteiger partial charge in [-0.2, -0.15) is 0 Å². The fraction of sp³-hybridized carbons (Fsp3) is 0.150. The highest BCUT2D eigenvalue weighted by Crippen LogP contribution is 2.19. The molecular weight excluding hydrogens is 386 g/mol. The van der Waals surface area contributed by atoms with Crippen molar-refractivity contribution in [3.05, 3.63) is 75.6 Å². The molecule has 1 aromatic heterocycles. The summed E-state index contributed by atoms with van der Waals surface area (Å²) in [4.78, 5) is 34.7. The number of carboxylic acid groups (broad SMARTS) is 1. The molecular formula is C20H15ClNO6-. The Bertz CT molecular complexity index is 1060. The molecule has 0 saturated carbocycles. The van der Waals surface area contributed by atoms with E-state index >= 15 is 0 Å². The van der Waals surface area contributed by atoms with Gasteiger partial charge in [0.25, 0.3) is 5.91 Å². The van der Waals surface area contributed by atoms with Gasteiger partial charge in [-0.3, -0.25) is 4.79 Å². The van der Waals surface area contributed by atoms with Crippen molar-refractivity contribution >= 4 is 34.4 Å². The molecule has 0 radical (unpaired) electrons. The number of rotatable bonds is 7. The van der Waals surface area contributed by atoms with Crippen molar-refractivity contribution in [2.75, 3.05) is 6.61 Å². The van der Waals surface area contributed by atoms with Gasteiger partial charge in [-0.05, 0) is 42.3 Å². The molecule has 8 heteroatoms. The average Bonchev–Trinajstić information content (AvgIpc) is 2.67. The Morgan fingerprint density at radius 3 is 2.54 bits per heavy atom. The second-order valence-corrected chi connectivity index (χ2v) is 6.45. The molecule has 144 valence electrons. The first kappa shape index (κ1) is 19.4. The van der Waals surface area contributed by atoms with Gasteiger partial charge in [0, 0.05) is 22.5 Å². The molecule has 0 aliphatic heterocycles. The summed E-state index contributed by atoms with van der Waals surface area (Å²) < 4.78 is 10.4. The van der Waals surface area contributed by atoms with Crippen LogP contribution in [0.2, 0.25) is 5.02 Å². The Morgan fingerprint density at radius 2 is 1.82 bits per heavy atom. The van der Waals surface area contributed by atoms with E-state index in [4.69, 9.17) is 20.8 Å². The van der Waals surface area contributed by atoms with Crippen molar-refractivity contribution in [3.63, 3.8) is 0 Å². The maximum atomic E-state index is 12.1. The summed E-state index contributed by atoms with van der Waals surface area (Å²) in [6.07, 6.45) is 0.0480. The Hall–Kier alpha value is -3.32. The minimum absolute atomic E-state index is 0.0480. The Morgan fingerprint density at radius 1 is 1.11 bits per heavy atom. The third-order valence-corrected chi connectivity index (χ3v) is 4.19. The Labute approximate surface area is 164 Å². The van der Waals surface area contributed by atoms with Crippen molar-refractivity contribution in [1.29, 1.82) is 0 Å². The van der Waals surface area contributed by atoms with Crippen LogP contribution in [0.5, 0.6) is 5.75 Å². The number of carboxylic acids is 1. The van der Waals surface area contributed by atoms with Gasteiger partial charge < -0.3 is 24.4 Å². The molecule has 1 amide bonds. The molecule has 0 fully saturated rings. The van der Waals surface area contributed by atoms with E-state index in [1.807, 2.05) is 0 Å². The number of nitrogens with one attached hydrogen (secondary N) is 1. The van der Waals surface area contributed by atoms with E-state index in [1.165, 1.54) is 12.1 Å². The second kappa shape index (κ2) is 8.58. The standard InChI is InChI=1S/C20H16ClNO6/c21-14-5-1-12(2-6-14)9-16(20(25)26)22-18(23)11-27-15-7-3-13-4-8-19(24)28-17(13)10-15/h1-8,10,16H,9,11H2,(H,22,23)(H,25,26)/p-1/t16-/m1/s1. The van der Waals surface area contributed by atoms with Gasteiger partial charge in [0.05, 0.1) is 12.0 Å². The monoisotopic (exact) mass is 400 g/mol. The highest BCUT2D eigenvalue weighted by atomic mass is 35.5. The lowest BCUT2D eigenvalue weighted by atomic mass is 10.1. The number of amides is 1. The minimum Gasteiger partial charge on any atom is -0.548 e. The molecule has 1 N–H and O–H groups in total. The quantitative estimate of drug-likeness (QED) is 0.599. The SMILES string of the molecule is O=C(COc1ccc2ccc(=O)oc2c1)N[C@H](Cc1ccc(Cl)cc1)C(=O)[O-]. The van der Waals surface area contributed by atoms with Crippen molar-refractivity contribution in [3.8, 4) is 5.75 Å². The summed E-state index contributed by atoms with van der Waals surface area (Å²) in [5.41, 5.74) is 0.506. The maximum Gasteiger partial charge on any atom is 0.336 e. The minimum atomic E-state index is -1.41. The van der Waals surface area contributed by atoms with E-state index < -0.39 is 30.2 Å². The smallest absolute Gasteiger partial charge is 0.336 e. The number of carbonyl (C=O) groups is 2. The third-order valence-electron chi connectivity index (χ3n) is 3.94. The van der Waals surface area contributed by atoms with Crippen molar-refractivity contribution in [2.24, 2.45) is 0 Å². The van der Waals surface area contributed by atoms with Crippen LogP contribution in [0.15, 0.2) is 63.8 Å². The van der Waals surface area contributed by atoms with E-state index in [1.54, 1.807) is 42.5 Å². The van der Waals surface area contributed by atoms with Crippen LogP contribution in [0.1, 0.15) is 5.56 Å². The number of carbonyl (C=O) groups excluding carboxylic acids is 2. The number of hydrogen-bond donors (Lipinski definition) is 1. The molecule has 0 saturated heterocycles. The number of fused-ring (bicyclic) bond motifs is 1. The van der Waals surface area contributed by atoms with Crippen molar-refractivity contribution in [1.82, 2.24) is 5.32 Å². The van der Waals surface area contributed by atoms with Gasteiger partial charge in [0.15, 0.2) is 6.61 Å². The molecule has 0 bridgehead atoms. The zero-order valence-corrected chi connectivity index (χ0v) is 15.3. The first-order valence-electron chi connectivity index (χ1n) is 8.32. The molecule has 2 aromatic carbocycles. The zero-order valence-electron chi connectivity index (χ0n) is 14.5. The normalized spacial score (nSPS) is 11.8. The molecule has 0 aliphatic carbocycles. The zero-order chi connectivity index (χ0) is 20.1. The molecule has 1 atom stereocenters. The average molecular weight is 401 g/mol. The fourth-order valence-corrected chi connectivity index (χ4v) is 2.69. The molecule has 3 aromatic rings. The molecule has 28 heavy (non-hydrogen) atoms. The van der Waals surface area contributed by atoms with E-state index in [0.29, 0.717) is 27.3 Å². The van der Waals surface area contributed by atoms with Gasteiger partial charge in [-0.1, -0.05) is 23.7 Å².